The molecule has 0 aliphatic rings. The van der Waals surface area contributed by atoms with Gasteiger partial charge >= 0.3 is 0 Å². The Balaban J connectivity index is 0.00000448. The Morgan fingerprint density at radius 2 is 1.43 bits per heavy atom. The second kappa shape index (κ2) is 13.6. The van der Waals surface area contributed by atoms with Crippen molar-refractivity contribution in [3.8, 4) is 28.7 Å². The van der Waals surface area contributed by atoms with Crippen LogP contribution in [-0.4, -0.2) is 14.1 Å². The summed E-state index contributed by atoms with van der Waals surface area (Å²) in [5, 5.41) is 2.26. The van der Waals surface area contributed by atoms with Gasteiger partial charge in [0.1, 0.15) is 5.82 Å². The monoisotopic (exact) mass is 853 g/mol. The predicted octanol–water partition coefficient (Wildman–Crippen LogP) is 10.8. The molecule has 0 unspecified atom stereocenters. The fraction of sp³-hybridized carbons (Fsp3) is 0.289. The summed E-state index contributed by atoms with van der Waals surface area (Å²) in [7, 11) is 0. The number of nitrogens with zero attached hydrogens (tertiary/aromatic N) is 4. The molecule has 0 spiro atoms. The van der Waals surface area contributed by atoms with E-state index < -0.39 is 0 Å². The van der Waals surface area contributed by atoms with Crippen molar-refractivity contribution in [3.63, 3.8) is 0 Å². The van der Waals surface area contributed by atoms with Gasteiger partial charge in [-0.05, 0) is 88.7 Å². The van der Waals surface area contributed by atoms with Gasteiger partial charge in [0.15, 0.2) is 0 Å². The van der Waals surface area contributed by atoms with E-state index in [9.17, 15) is 0 Å². The predicted molar refractivity (Wildman–Crippen MR) is 203 cm³/mol. The maximum atomic E-state index is 6.49. The summed E-state index contributed by atoms with van der Waals surface area (Å²) in [6, 6.07) is 36.8. The Labute approximate surface area is 317 Å². The van der Waals surface area contributed by atoms with Crippen molar-refractivity contribution in [1.82, 2.24) is 14.1 Å². The van der Waals surface area contributed by atoms with Gasteiger partial charge in [-0.2, -0.15) is 18.2 Å². The minimum atomic E-state index is 0. The van der Waals surface area contributed by atoms with Gasteiger partial charge in [-0.1, -0.05) is 85.2 Å². The van der Waals surface area contributed by atoms with Crippen LogP contribution < -0.4 is 9.30 Å². The van der Waals surface area contributed by atoms with Crippen LogP contribution in [0.3, 0.4) is 0 Å². The number of benzene rings is 4. The number of pyridine rings is 1. The van der Waals surface area contributed by atoms with Crippen molar-refractivity contribution in [2.45, 2.75) is 86.0 Å². The van der Waals surface area contributed by atoms with Crippen LogP contribution in [0.1, 0.15) is 89.4 Å². The van der Waals surface area contributed by atoms with E-state index in [-0.39, 0.29) is 31.9 Å². The molecule has 0 aliphatic carbocycles. The molecule has 0 amide bonds. The summed E-state index contributed by atoms with van der Waals surface area (Å²) in [6.45, 7) is 22.3. The van der Waals surface area contributed by atoms with Crippen LogP contribution in [0.5, 0.6) is 11.5 Å². The van der Waals surface area contributed by atoms with Crippen LogP contribution in [0.2, 0.25) is 0 Å². The minimum absolute atomic E-state index is 0. The van der Waals surface area contributed by atoms with Crippen molar-refractivity contribution < 1.29 is 30.4 Å². The molecule has 7 aromatic rings. The third kappa shape index (κ3) is 6.94. The molecule has 51 heavy (non-hydrogen) atoms. The van der Waals surface area contributed by atoms with E-state index in [1.165, 1.54) is 16.7 Å². The van der Waals surface area contributed by atoms with Crippen LogP contribution in [0.4, 0.5) is 0 Å². The van der Waals surface area contributed by atoms with Crippen LogP contribution in [0, 0.1) is 32.3 Å². The average molecular weight is 854 g/mol. The third-order valence-corrected chi connectivity index (χ3v) is 9.74. The molecule has 5 nitrogen and oxygen atoms in total. The van der Waals surface area contributed by atoms with E-state index in [0.29, 0.717) is 17.4 Å². The SMILES string of the molecule is Cc1c(C)[n+](-c2cc(C(C)(C)C)cc(C(C)(C)C)c2)[c-]n1-c1[c-]c(Oc2[c-]c3c(cc2)c2ccccc2n3-c2cc(C(C)C)ccn2)ccc1.[Pt]. The molecular formula is C45H46N4OPt-2. The van der Waals surface area contributed by atoms with Crippen molar-refractivity contribution in [2.24, 2.45) is 0 Å². The molecule has 0 aliphatic heterocycles. The Morgan fingerprint density at radius 3 is 2.12 bits per heavy atom. The van der Waals surface area contributed by atoms with Crippen molar-refractivity contribution in [2.75, 3.05) is 0 Å². The van der Waals surface area contributed by atoms with Crippen LogP contribution in [-0.2, 0) is 31.9 Å². The summed E-state index contributed by atoms with van der Waals surface area (Å²) < 4.78 is 12.9. The Bertz CT molecular complexity index is 2350. The number of aromatic nitrogens is 4. The van der Waals surface area contributed by atoms with E-state index in [2.05, 4.69) is 162 Å². The largest absolute Gasteiger partial charge is 0.510 e. The summed E-state index contributed by atoms with van der Waals surface area (Å²) >= 11 is 0. The molecule has 0 saturated carbocycles. The maximum absolute atomic E-state index is 6.49. The molecule has 4 aromatic carbocycles. The van der Waals surface area contributed by atoms with E-state index in [1.807, 2.05) is 30.5 Å². The van der Waals surface area contributed by atoms with Crippen molar-refractivity contribution in [1.29, 1.82) is 0 Å². The number of para-hydroxylation sites is 1. The van der Waals surface area contributed by atoms with Gasteiger partial charge in [0.2, 0.25) is 0 Å². The first-order chi connectivity index (χ1) is 23.7. The third-order valence-electron chi connectivity index (χ3n) is 9.74. The van der Waals surface area contributed by atoms with Gasteiger partial charge in [-0.3, -0.25) is 4.57 Å². The molecular weight excluding hydrogens is 808 g/mol. The Morgan fingerprint density at radius 1 is 0.745 bits per heavy atom. The summed E-state index contributed by atoms with van der Waals surface area (Å²) in [6.07, 6.45) is 5.53. The van der Waals surface area contributed by atoms with Gasteiger partial charge in [-0.15, -0.1) is 29.7 Å². The Kier molecular flexibility index (Phi) is 9.67. The topological polar surface area (TPSA) is 35.9 Å². The van der Waals surface area contributed by atoms with Gasteiger partial charge in [0.05, 0.1) is 11.4 Å². The number of fused-ring (bicyclic) bond motifs is 3. The zero-order valence-electron chi connectivity index (χ0n) is 31.3. The average Bonchev–Trinajstić information content (AvgIpc) is 3.57. The molecule has 6 heteroatoms. The smallest absolute Gasteiger partial charge is 0.267 e. The first kappa shape index (κ1) is 36.3. The van der Waals surface area contributed by atoms with E-state index in [4.69, 9.17) is 9.72 Å². The molecule has 0 atom stereocenters. The standard InChI is InChI=1S/C45H46N4O.Pt/c1-29(2)32-20-21-46-43(22-32)49-41-17-12-11-16-39(41)40-19-18-38(27-42(40)49)50-37-15-13-14-35(26-37)47-28-48(31(4)30(47)3)36-24-33(44(5,6)7)23-34(25-36)45(8,9)10;/h11-25,29H,1-10H3;/q-2;. The maximum Gasteiger partial charge on any atom is 0.267 e. The van der Waals surface area contributed by atoms with Crippen LogP contribution >= 0.6 is 0 Å². The summed E-state index contributed by atoms with van der Waals surface area (Å²) in [4.78, 5) is 4.78. The molecule has 0 radical (unpaired) electrons. The summed E-state index contributed by atoms with van der Waals surface area (Å²) in [5.74, 6) is 2.48. The summed E-state index contributed by atoms with van der Waals surface area (Å²) in [5.41, 5.74) is 10.1. The number of rotatable bonds is 6. The quantitative estimate of drug-likeness (QED) is 0.123. The molecule has 7 rings (SSSR count). The molecule has 3 heterocycles. The second-order valence-electron chi connectivity index (χ2n) is 15.8. The molecule has 0 saturated heterocycles. The number of imidazole rings is 1. The first-order valence-electron chi connectivity index (χ1n) is 17.5. The number of hydrogen-bond acceptors (Lipinski definition) is 2. The van der Waals surface area contributed by atoms with Crippen LogP contribution in [0.25, 0.3) is 39.0 Å². The molecule has 0 N–H and O–H groups in total. The number of ether oxygens (including phenoxy) is 1. The Hall–Kier alpha value is -4.47. The van der Waals surface area contributed by atoms with Gasteiger partial charge in [0, 0.05) is 50.0 Å². The fourth-order valence-corrected chi connectivity index (χ4v) is 6.50. The van der Waals surface area contributed by atoms with Crippen molar-refractivity contribution in [3.05, 3.63) is 138 Å². The minimum Gasteiger partial charge on any atom is -0.510 e. The zero-order valence-corrected chi connectivity index (χ0v) is 33.5. The van der Waals surface area contributed by atoms with Crippen LogP contribution in [0.15, 0.2) is 91.1 Å². The molecule has 264 valence electrons. The fourth-order valence-electron chi connectivity index (χ4n) is 6.50. The molecule has 3 aromatic heterocycles. The van der Waals surface area contributed by atoms with E-state index >= 15 is 0 Å². The van der Waals surface area contributed by atoms with Crippen molar-refractivity contribution >= 4 is 21.8 Å². The first-order valence-corrected chi connectivity index (χ1v) is 17.5. The normalized spacial score (nSPS) is 12.1. The second-order valence-corrected chi connectivity index (χ2v) is 15.8. The molecule has 0 bridgehead atoms. The number of hydrogen-bond donors (Lipinski definition) is 0. The zero-order chi connectivity index (χ0) is 35.5. The van der Waals surface area contributed by atoms with Gasteiger partial charge in [-0.25, -0.2) is 4.98 Å². The van der Waals surface area contributed by atoms with Gasteiger partial charge < -0.3 is 13.9 Å². The van der Waals surface area contributed by atoms with E-state index in [1.54, 1.807) is 0 Å². The molecule has 0 fully saturated rings. The van der Waals surface area contributed by atoms with E-state index in [0.717, 1.165) is 50.4 Å². The van der Waals surface area contributed by atoms with Gasteiger partial charge in [0.25, 0.3) is 6.33 Å².